The molecule has 2 aromatic rings. The van der Waals surface area contributed by atoms with Crippen LogP contribution in [0.4, 0.5) is 18.9 Å². The second-order valence-corrected chi connectivity index (χ2v) is 7.78. The lowest BCUT2D eigenvalue weighted by atomic mass is 9.98. The molecule has 0 radical (unpaired) electrons. The first-order chi connectivity index (χ1) is 11.3. The van der Waals surface area contributed by atoms with Crippen molar-refractivity contribution in [2.24, 2.45) is 0 Å². The summed E-state index contributed by atoms with van der Waals surface area (Å²) in [7, 11) is -5.79. The maximum absolute atomic E-state index is 12.7. The van der Waals surface area contributed by atoms with Gasteiger partial charge < -0.3 is 9.50 Å². The van der Waals surface area contributed by atoms with Gasteiger partial charge in [0, 0.05) is 0 Å². The Labute approximate surface area is 141 Å². The number of fused-ring (bicyclic) bond motifs is 3. The predicted octanol–water partition coefficient (Wildman–Crippen LogP) is 2.77. The number of aryl methyl sites for hydroxylation is 2. The van der Waals surface area contributed by atoms with Crippen LogP contribution < -0.4 is 9.50 Å². The molecule has 1 N–H and O–H groups in total. The second-order valence-electron chi connectivity index (χ2n) is 6.24. The zero-order chi connectivity index (χ0) is 18.8. The topological polar surface area (TPSA) is 86.1 Å². The first-order valence-electron chi connectivity index (χ1n) is 7.20. The maximum atomic E-state index is 12.7. The normalized spacial score (nSPS) is 16.0. The summed E-state index contributed by atoms with van der Waals surface area (Å²) in [5, 5.41) is 11.1. The molecule has 0 fully saturated rings. The summed E-state index contributed by atoms with van der Waals surface area (Å²) in [5.74, 6) is 0.630. The first-order valence-corrected chi connectivity index (χ1v) is 8.61. The Balaban J connectivity index is 2.25. The molecule has 25 heavy (non-hydrogen) atoms. The zero-order valence-electron chi connectivity index (χ0n) is 13.8. The number of nitrogens with zero attached hydrogens (tertiary/aromatic N) is 3. The van der Waals surface area contributed by atoms with Crippen LogP contribution in [0.1, 0.15) is 31.1 Å². The van der Waals surface area contributed by atoms with Gasteiger partial charge in [-0.2, -0.15) is 21.6 Å². The highest BCUT2D eigenvalue weighted by Crippen LogP contribution is 2.44. The molecule has 1 aromatic carbocycles. The number of rotatable bonds is 2. The Morgan fingerprint density at radius 2 is 1.84 bits per heavy atom. The van der Waals surface area contributed by atoms with Crippen LogP contribution in [-0.2, 0) is 15.7 Å². The molecule has 7 nitrogen and oxygen atoms in total. The quantitative estimate of drug-likeness (QED) is 0.641. The molecule has 1 aliphatic heterocycles. The van der Waals surface area contributed by atoms with Crippen LogP contribution in [0, 0.1) is 13.8 Å². The van der Waals surface area contributed by atoms with Crippen LogP contribution in [-0.4, -0.2) is 28.7 Å². The second kappa shape index (κ2) is 5.10. The number of aromatic nitrogens is 3. The summed E-state index contributed by atoms with van der Waals surface area (Å²) in [6.45, 7) is 6.94. The third kappa shape index (κ3) is 2.62. The van der Waals surface area contributed by atoms with Crippen LogP contribution >= 0.6 is 0 Å². The molecule has 0 amide bonds. The number of nitrogens with one attached hydrogen (secondary N) is 1. The number of alkyl halides is 3. The van der Waals surface area contributed by atoms with Crippen LogP contribution in [0.2, 0.25) is 0 Å². The Bertz CT molecular complexity index is 964. The molecule has 0 bridgehead atoms. The summed E-state index contributed by atoms with van der Waals surface area (Å²) in [4.78, 5) is 0. The Kier molecular flexibility index (Phi) is 3.57. The molecule has 0 unspecified atom stereocenters. The van der Waals surface area contributed by atoms with Crippen LogP contribution in [0.25, 0.3) is 5.69 Å². The van der Waals surface area contributed by atoms with Gasteiger partial charge in [-0.25, -0.2) is 0 Å². The fourth-order valence-electron chi connectivity index (χ4n) is 2.72. The molecular formula is C14H15F3N4O3S. The third-order valence-electron chi connectivity index (χ3n) is 3.87. The average Bonchev–Trinajstić information content (AvgIpc) is 2.83. The molecule has 0 spiro atoms. The Morgan fingerprint density at radius 3 is 2.44 bits per heavy atom. The fraction of sp³-hybridized carbons (Fsp3) is 0.429. The predicted molar refractivity (Wildman–Crippen MR) is 83.1 cm³/mol. The van der Waals surface area contributed by atoms with E-state index in [1.807, 2.05) is 0 Å². The summed E-state index contributed by atoms with van der Waals surface area (Å²) < 4.78 is 66.9. The molecule has 1 aliphatic rings. The molecule has 0 atom stereocenters. The smallest absolute Gasteiger partial charge is 0.374 e. The van der Waals surface area contributed by atoms with Crippen molar-refractivity contribution in [3.63, 3.8) is 0 Å². The van der Waals surface area contributed by atoms with Crippen molar-refractivity contribution in [2.75, 3.05) is 5.32 Å². The zero-order valence-corrected chi connectivity index (χ0v) is 14.6. The molecule has 1 aromatic heterocycles. The number of hydrogen-bond donors (Lipinski definition) is 1. The van der Waals surface area contributed by atoms with Crippen molar-refractivity contribution in [1.82, 2.24) is 14.8 Å². The highest BCUT2D eigenvalue weighted by atomic mass is 32.2. The number of anilines is 1. The van der Waals surface area contributed by atoms with Gasteiger partial charge in [0.2, 0.25) is 0 Å². The molecule has 3 rings (SSSR count). The minimum Gasteiger partial charge on any atom is -0.374 e. The van der Waals surface area contributed by atoms with E-state index in [0.29, 0.717) is 22.9 Å². The molecular weight excluding hydrogens is 361 g/mol. The van der Waals surface area contributed by atoms with Crippen molar-refractivity contribution in [1.29, 1.82) is 0 Å². The monoisotopic (exact) mass is 376 g/mol. The summed E-state index contributed by atoms with van der Waals surface area (Å²) in [6.07, 6.45) is 0. The van der Waals surface area contributed by atoms with E-state index in [4.69, 9.17) is 0 Å². The Morgan fingerprint density at radius 1 is 1.20 bits per heavy atom. The van der Waals surface area contributed by atoms with Gasteiger partial charge in [0.1, 0.15) is 11.5 Å². The highest BCUT2D eigenvalue weighted by molar-refractivity contribution is 7.88. The van der Waals surface area contributed by atoms with E-state index in [9.17, 15) is 21.6 Å². The van der Waals surface area contributed by atoms with Gasteiger partial charge in [-0.15, -0.1) is 10.2 Å². The van der Waals surface area contributed by atoms with Gasteiger partial charge in [-0.3, -0.25) is 4.57 Å². The van der Waals surface area contributed by atoms with Crippen LogP contribution in [0.5, 0.6) is 5.75 Å². The number of benzene rings is 1. The van der Waals surface area contributed by atoms with Crippen molar-refractivity contribution in [2.45, 2.75) is 38.7 Å². The lowest BCUT2D eigenvalue weighted by molar-refractivity contribution is -0.0499. The van der Waals surface area contributed by atoms with Crippen molar-refractivity contribution >= 4 is 15.8 Å². The van der Waals surface area contributed by atoms with E-state index in [0.717, 1.165) is 0 Å². The molecule has 11 heteroatoms. The summed E-state index contributed by atoms with van der Waals surface area (Å²) in [5.41, 5.74) is -5.05. The molecule has 0 saturated heterocycles. The lowest BCUT2D eigenvalue weighted by Crippen LogP contribution is -2.37. The molecule has 136 valence electrons. The van der Waals surface area contributed by atoms with E-state index >= 15 is 0 Å². The summed E-state index contributed by atoms with van der Waals surface area (Å²) >= 11 is 0. The first kappa shape index (κ1) is 17.5. The largest absolute Gasteiger partial charge is 0.534 e. The van der Waals surface area contributed by atoms with E-state index in [1.165, 1.54) is 12.1 Å². The SMILES string of the molecule is Cc1ccc(OS(=O)(=O)C(F)(F)F)c2c1-n1c(C)nnc1C(C)(C)N2. The van der Waals surface area contributed by atoms with Gasteiger partial charge in [0.25, 0.3) is 0 Å². The molecule has 2 heterocycles. The van der Waals surface area contributed by atoms with Crippen molar-refractivity contribution in [3.05, 3.63) is 29.3 Å². The van der Waals surface area contributed by atoms with Gasteiger partial charge >= 0.3 is 15.6 Å². The van der Waals surface area contributed by atoms with E-state index in [-0.39, 0.29) is 5.69 Å². The van der Waals surface area contributed by atoms with E-state index in [1.54, 1.807) is 32.3 Å². The van der Waals surface area contributed by atoms with Gasteiger partial charge in [0.05, 0.1) is 11.2 Å². The van der Waals surface area contributed by atoms with Crippen LogP contribution in [0.15, 0.2) is 12.1 Å². The van der Waals surface area contributed by atoms with E-state index in [2.05, 4.69) is 19.7 Å². The lowest BCUT2D eigenvalue weighted by Gasteiger charge is -2.35. The fourth-order valence-corrected chi connectivity index (χ4v) is 3.19. The number of hydrogen-bond acceptors (Lipinski definition) is 6. The third-order valence-corrected chi connectivity index (χ3v) is 4.84. The average molecular weight is 376 g/mol. The number of halogens is 3. The van der Waals surface area contributed by atoms with Gasteiger partial charge in [0.15, 0.2) is 11.6 Å². The summed E-state index contributed by atoms with van der Waals surface area (Å²) in [6, 6.07) is 2.66. The van der Waals surface area contributed by atoms with Crippen LogP contribution in [0.3, 0.4) is 0 Å². The Hall–Kier alpha value is -2.30. The minimum absolute atomic E-state index is 0.133. The van der Waals surface area contributed by atoms with Gasteiger partial charge in [-0.05, 0) is 39.3 Å². The highest BCUT2D eigenvalue weighted by Gasteiger charge is 2.49. The maximum Gasteiger partial charge on any atom is 0.534 e. The van der Waals surface area contributed by atoms with Crippen molar-refractivity contribution < 1.29 is 25.8 Å². The van der Waals surface area contributed by atoms with E-state index < -0.39 is 26.9 Å². The standard InChI is InChI=1S/C14H15F3N4O3S/c1-7-5-6-9(24-25(22,23)14(15,16)17)10-11(7)21-8(2)19-20-12(21)13(3,4)18-10/h5-6,18H,1-4H3. The molecule has 0 saturated carbocycles. The van der Waals surface area contributed by atoms with Gasteiger partial charge in [-0.1, -0.05) is 6.07 Å². The van der Waals surface area contributed by atoms with Crippen molar-refractivity contribution in [3.8, 4) is 11.4 Å². The minimum atomic E-state index is -5.79. The molecule has 0 aliphatic carbocycles.